The number of hydrogen-bond acceptors (Lipinski definition) is 5. The molecule has 27 heavy (non-hydrogen) atoms. The number of pyridine rings is 1. The Balaban J connectivity index is 1.76. The molecule has 136 valence electrons. The molecule has 0 aliphatic rings. The van der Waals surface area contributed by atoms with Crippen molar-refractivity contribution in [1.29, 1.82) is 0 Å². The highest BCUT2D eigenvalue weighted by Crippen LogP contribution is 2.32. The molecular formula is C21H21N5O. The molecule has 0 unspecified atom stereocenters. The zero-order valence-corrected chi connectivity index (χ0v) is 15.5. The first-order valence-electron chi connectivity index (χ1n) is 8.85. The largest absolute Gasteiger partial charge is 0.495 e. The van der Waals surface area contributed by atoms with E-state index in [1.165, 1.54) is 0 Å². The number of ether oxygens (including phenoxy) is 1. The lowest BCUT2D eigenvalue weighted by Crippen LogP contribution is -2.00. The van der Waals surface area contributed by atoms with E-state index in [0.717, 1.165) is 33.6 Å². The van der Waals surface area contributed by atoms with E-state index in [-0.39, 0.29) is 0 Å². The van der Waals surface area contributed by atoms with Gasteiger partial charge in [0.15, 0.2) is 0 Å². The first kappa shape index (κ1) is 17.0. The predicted molar refractivity (Wildman–Crippen MR) is 107 cm³/mol. The molecule has 0 bridgehead atoms. The molecule has 4 rings (SSSR count). The second-order valence-electron chi connectivity index (χ2n) is 6.53. The Morgan fingerprint density at radius 2 is 1.93 bits per heavy atom. The maximum absolute atomic E-state index is 5.39. The summed E-state index contributed by atoms with van der Waals surface area (Å²) in [5, 5.41) is 4.37. The zero-order chi connectivity index (χ0) is 18.8. The van der Waals surface area contributed by atoms with Gasteiger partial charge in [-0.25, -0.2) is 9.97 Å². The van der Waals surface area contributed by atoms with Crippen LogP contribution < -0.4 is 10.1 Å². The molecule has 6 nitrogen and oxygen atoms in total. The maximum atomic E-state index is 5.39. The van der Waals surface area contributed by atoms with Crippen molar-refractivity contribution < 1.29 is 4.74 Å². The average Bonchev–Trinajstić information content (AvgIpc) is 3.09. The van der Waals surface area contributed by atoms with Gasteiger partial charge in [0.25, 0.3) is 0 Å². The fourth-order valence-corrected chi connectivity index (χ4v) is 3.17. The first-order valence-corrected chi connectivity index (χ1v) is 8.85. The fraction of sp³-hybridized carbons (Fsp3) is 0.190. The maximum Gasteiger partial charge on any atom is 0.227 e. The molecule has 0 saturated carbocycles. The van der Waals surface area contributed by atoms with Crippen LogP contribution in [0.3, 0.4) is 0 Å². The molecule has 4 aromatic rings. The number of methoxy groups -OCH3 is 1. The number of nitrogens with one attached hydrogen (secondary N) is 1. The average molecular weight is 359 g/mol. The monoisotopic (exact) mass is 359 g/mol. The predicted octanol–water partition coefficient (Wildman–Crippen LogP) is 4.83. The SMILES string of the molecule is COc1ccccc1Nc1nccc(-c2cn(C(C)C)c3cnccc23)n1. The molecule has 3 aromatic heterocycles. The van der Waals surface area contributed by atoms with Gasteiger partial charge in [-0.3, -0.25) is 4.98 Å². The highest BCUT2D eigenvalue weighted by Gasteiger charge is 2.14. The van der Waals surface area contributed by atoms with Gasteiger partial charge in [0.05, 0.1) is 30.2 Å². The lowest BCUT2D eigenvalue weighted by molar-refractivity contribution is 0.417. The lowest BCUT2D eigenvalue weighted by Gasteiger charge is -2.10. The van der Waals surface area contributed by atoms with E-state index in [9.17, 15) is 0 Å². The Kier molecular flexibility index (Phi) is 4.46. The molecule has 6 heteroatoms. The van der Waals surface area contributed by atoms with Crippen molar-refractivity contribution in [2.75, 3.05) is 12.4 Å². The van der Waals surface area contributed by atoms with Crippen molar-refractivity contribution >= 4 is 22.5 Å². The van der Waals surface area contributed by atoms with Crippen LogP contribution in [0.4, 0.5) is 11.6 Å². The van der Waals surface area contributed by atoms with Gasteiger partial charge in [-0.15, -0.1) is 0 Å². The minimum Gasteiger partial charge on any atom is -0.495 e. The second-order valence-corrected chi connectivity index (χ2v) is 6.53. The number of rotatable bonds is 5. The van der Waals surface area contributed by atoms with Crippen molar-refractivity contribution in [2.24, 2.45) is 0 Å². The van der Waals surface area contributed by atoms with Gasteiger partial charge in [0.2, 0.25) is 5.95 Å². The molecule has 1 N–H and O–H groups in total. The third-order valence-corrected chi connectivity index (χ3v) is 4.48. The normalized spacial score (nSPS) is 11.1. The summed E-state index contributed by atoms with van der Waals surface area (Å²) in [7, 11) is 1.65. The van der Waals surface area contributed by atoms with Gasteiger partial charge in [0, 0.05) is 35.6 Å². The fourth-order valence-electron chi connectivity index (χ4n) is 3.17. The molecule has 0 saturated heterocycles. The van der Waals surface area contributed by atoms with Crippen molar-refractivity contribution in [3.05, 3.63) is 61.2 Å². The smallest absolute Gasteiger partial charge is 0.227 e. The van der Waals surface area contributed by atoms with Crippen LogP contribution in [0.25, 0.3) is 22.2 Å². The van der Waals surface area contributed by atoms with Gasteiger partial charge in [-0.1, -0.05) is 12.1 Å². The molecular weight excluding hydrogens is 338 g/mol. The van der Waals surface area contributed by atoms with Crippen LogP contribution in [0, 0.1) is 0 Å². The van der Waals surface area contributed by atoms with Crippen LogP contribution in [0.1, 0.15) is 19.9 Å². The van der Waals surface area contributed by atoms with Crippen LogP contribution in [0.15, 0.2) is 61.2 Å². The van der Waals surface area contributed by atoms with Crippen LogP contribution in [0.5, 0.6) is 5.75 Å². The standard InChI is InChI=1S/C21H21N5O/c1-14(2)26-13-16(15-8-10-22-12-19(15)26)17-9-11-23-21(24-17)25-18-6-4-5-7-20(18)27-3/h4-14H,1-3H3,(H,23,24,25). The minimum absolute atomic E-state index is 0.332. The third-order valence-electron chi connectivity index (χ3n) is 4.48. The van der Waals surface area contributed by atoms with E-state index in [0.29, 0.717) is 12.0 Å². The minimum atomic E-state index is 0.332. The van der Waals surface area contributed by atoms with Crippen LogP contribution in [-0.4, -0.2) is 26.6 Å². The van der Waals surface area contributed by atoms with Crippen molar-refractivity contribution in [3.63, 3.8) is 0 Å². The Hall–Kier alpha value is -3.41. The molecule has 0 atom stereocenters. The zero-order valence-electron chi connectivity index (χ0n) is 15.5. The molecule has 3 heterocycles. The number of fused-ring (bicyclic) bond motifs is 1. The Morgan fingerprint density at radius 3 is 2.74 bits per heavy atom. The summed E-state index contributed by atoms with van der Waals surface area (Å²) in [6.07, 6.45) is 7.60. The topological polar surface area (TPSA) is 64.9 Å². The summed E-state index contributed by atoms with van der Waals surface area (Å²) >= 11 is 0. The Labute approximate surface area is 157 Å². The molecule has 1 aromatic carbocycles. The molecule has 0 radical (unpaired) electrons. The van der Waals surface area contributed by atoms with Gasteiger partial charge >= 0.3 is 0 Å². The van der Waals surface area contributed by atoms with E-state index in [4.69, 9.17) is 9.72 Å². The van der Waals surface area contributed by atoms with Gasteiger partial charge < -0.3 is 14.6 Å². The van der Waals surface area contributed by atoms with E-state index in [2.05, 4.69) is 39.9 Å². The van der Waals surface area contributed by atoms with E-state index < -0.39 is 0 Å². The van der Waals surface area contributed by atoms with E-state index >= 15 is 0 Å². The quantitative estimate of drug-likeness (QED) is 0.553. The number of nitrogens with zero attached hydrogens (tertiary/aromatic N) is 4. The second kappa shape index (κ2) is 7.07. The lowest BCUT2D eigenvalue weighted by atomic mass is 10.1. The summed E-state index contributed by atoms with van der Waals surface area (Å²) in [5.74, 6) is 1.27. The van der Waals surface area contributed by atoms with Gasteiger partial charge in [-0.2, -0.15) is 0 Å². The number of para-hydroxylation sites is 2. The summed E-state index contributed by atoms with van der Waals surface area (Å²) < 4.78 is 7.61. The number of hydrogen-bond donors (Lipinski definition) is 1. The summed E-state index contributed by atoms with van der Waals surface area (Å²) in [5.41, 5.74) is 3.84. The molecule has 0 aliphatic heterocycles. The number of anilines is 2. The van der Waals surface area contributed by atoms with Crippen molar-refractivity contribution in [2.45, 2.75) is 19.9 Å². The van der Waals surface area contributed by atoms with Crippen molar-refractivity contribution in [1.82, 2.24) is 19.5 Å². The molecule has 0 fully saturated rings. The van der Waals surface area contributed by atoms with Gasteiger partial charge in [-0.05, 0) is 38.1 Å². The van der Waals surface area contributed by atoms with Crippen molar-refractivity contribution in [3.8, 4) is 17.0 Å². The number of aromatic nitrogens is 4. The van der Waals surface area contributed by atoms with Crippen LogP contribution in [-0.2, 0) is 0 Å². The van der Waals surface area contributed by atoms with E-state index in [1.54, 1.807) is 13.3 Å². The first-order chi connectivity index (χ1) is 13.2. The molecule has 0 amide bonds. The Bertz CT molecular complexity index is 1090. The highest BCUT2D eigenvalue weighted by atomic mass is 16.5. The van der Waals surface area contributed by atoms with Gasteiger partial charge in [0.1, 0.15) is 5.75 Å². The van der Waals surface area contributed by atoms with E-state index in [1.807, 2.05) is 48.8 Å². The third kappa shape index (κ3) is 3.21. The summed E-state index contributed by atoms with van der Waals surface area (Å²) in [6.45, 7) is 4.32. The van der Waals surface area contributed by atoms with Crippen LogP contribution in [0.2, 0.25) is 0 Å². The summed E-state index contributed by atoms with van der Waals surface area (Å²) in [4.78, 5) is 13.4. The molecule has 0 aliphatic carbocycles. The summed E-state index contributed by atoms with van der Waals surface area (Å²) in [6, 6.07) is 12.0. The Morgan fingerprint density at radius 1 is 1.07 bits per heavy atom. The van der Waals surface area contributed by atoms with Crippen LogP contribution >= 0.6 is 0 Å². The number of benzene rings is 1. The highest BCUT2D eigenvalue weighted by molar-refractivity contribution is 5.94. The molecule has 0 spiro atoms.